The van der Waals surface area contributed by atoms with E-state index < -0.39 is 30.1 Å². The summed E-state index contributed by atoms with van der Waals surface area (Å²) < 4.78 is 1.61. The molecule has 0 atom stereocenters. The Morgan fingerprint density at radius 3 is 0.840 bits per heavy atom. The molecule has 0 saturated heterocycles. The van der Waals surface area contributed by atoms with Crippen LogP contribution in [-0.4, -0.2) is 45.4 Å². The van der Waals surface area contributed by atoms with Gasteiger partial charge in [0, 0.05) is 25.8 Å². The van der Waals surface area contributed by atoms with Gasteiger partial charge in [0.05, 0.1) is 16.8 Å². The molecular formula is C20H43GeHfO3-. The molecule has 1 aromatic carbocycles. The first-order valence-electron chi connectivity index (χ1n) is 8.50. The molecule has 0 fully saturated rings. The second-order valence-electron chi connectivity index (χ2n) is 9.94. The molecule has 1 rings (SSSR count). The molecule has 0 radical (unpaired) electrons. The van der Waals surface area contributed by atoms with Crippen LogP contribution in [0.5, 0.6) is 0 Å². The molecule has 150 valence electrons. The summed E-state index contributed by atoms with van der Waals surface area (Å²) in [5, 5.41) is 25.6. The first-order valence-corrected chi connectivity index (χ1v) is 15.8. The van der Waals surface area contributed by atoms with Gasteiger partial charge in [-0.15, -0.1) is 0 Å². The van der Waals surface area contributed by atoms with Gasteiger partial charge in [-0.1, -0.05) is 0 Å². The van der Waals surface area contributed by atoms with Gasteiger partial charge in [-0.05, 0) is 62.3 Å². The minimum absolute atomic E-state index is 0. The van der Waals surface area contributed by atoms with Crippen LogP contribution in [0, 0.1) is 0 Å². The molecular weight excluding hydrogens is 539 g/mol. The standard InChI is InChI=1S/C8H13Ge.3C4H10O.Hf/c1-9(2,3)8-6-4-5-7-8;3*1-4(2,3)5;/h4-7H,1-3H3;3*5H,1-3H3;/q-1;;;;. The van der Waals surface area contributed by atoms with Crippen LogP contribution in [0.1, 0.15) is 62.3 Å². The molecule has 0 spiro atoms. The molecule has 25 heavy (non-hydrogen) atoms. The summed E-state index contributed by atoms with van der Waals surface area (Å²) >= 11 is -1.44. The largest absolute Gasteiger partial charge is 0 e. The first-order chi connectivity index (χ1) is 10.1. The minimum Gasteiger partial charge on any atom is 0 e. The maximum Gasteiger partial charge on any atom is 0 e. The Hall–Kier alpha value is 0.643. The molecule has 0 heterocycles. The normalized spacial score (nSPS) is 11.5. The van der Waals surface area contributed by atoms with Crippen LogP contribution in [0.25, 0.3) is 0 Å². The van der Waals surface area contributed by atoms with Gasteiger partial charge in [0.25, 0.3) is 0 Å². The summed E-state index contributed by atoms with van der Waals surface area (Å²) in [6, 6.07) is 8.76. The molecule has 3 N–H and O–H groups in total. The van der Waals surface area contributed by atoms with Crippen LogP contribution >= 0.6 is 0 Å². The molecule has 3 nitrogen and oxygen atoms in total. The van der Waals surface area contributed by atoms with E-state index in [1.165, 1.54) is 0 Å². The Morgan fingerprint density at radius 2 is 0.760 bits per heavy atom. The molecule has 0 aliphatic heterocycles. The van der Waals surface area contributed by atoms with Gasteiger partial charge in [-0.25, -0.2) is 0 Å². The summed E-state index contributed by atoms with van der Waals surface area (Å²) in [4.78, 5) is 0. The van der Waals surface area contributed by atoms with Gasteiger partial charge in [-0.2, -0.15) is 0 Å². The fourth-order valence-electron chi connectivity index (χ4n) is 0.874. The maximum absolute atomic E-state index is 8.52. The molecule has 0 saturated carbocycles. The van der Waals surface area contributed by atoms with Crippen LogP contribution in [0.4, 0.5) is 0 Å². The maximum atomic E-state index is 8.52. The van der Waals surface area contributed by atoms with E-state index in [2.05, 4.69) is 41.5 Å². The Bertz CT molecular complexity index is 342. The monoisotopic (exact) mass is 585 g/mol. The quantitative estimate of drug-likeness (QED) is 0.342. The fraction of sp³-hybridized carbons (Fsp3) is 0.750. The molecule has 0 bridgehead atoms. The third kappa shape index (κ3) is 67.9. The van der Waals surface area contributed by atoms with Crippen molar-refractivity contribution in [3.63, 3.8) is 0 Å². The Labute approximate surface area is 178 Å². The van der Waals surface area contributed by atoms with Gasteiger partial charge >= 0.3 is 59.2 Å². The van der Waals surface area contributed by atoms with Gasteiger partial charge in [0.2, 0.25) is 0 Å². The summed E-state index contributed by atoms with van der Waals surface area (Å²) in [5.41, 5.74) is -1.50. The minimum atomic E-state index is -1.44. The van der Waals surface area contributed by atoms with Crippen LogP contribution in [0.2, 0.25) is 17.3 Å². The molecule has 1 aromatic rings. The van der Waals surface area contributed by atoms with Crippen molar-refractivity contribution in [2.75, 3.05) is 0 Å². The van der Waals surface area contributed by atoms with Crippen LogP contribution in [-0.2, 0) is 25.8 Å². The van der Waals surface area contributed by atoms with Gasteiger partial charge in [0.1, 0.15) is 0 Å². The summed E-state index contributed by atoms with van der Waals surface area (Å²) in [6.07, 6.45) is 0. The average molecular weight is 583 g/mol. The van der Waals surface area contributed by atoms with E-state index in [9.17, 15) is 0 Å². The zero-order valence-corrected chi connectivity index (χ0v) is 24.3. The second kappa shape index (κ2) is 13.8. The molecule has 0 unspecified atom stereocenters. The van der Waals surface area contributed by atoms with E-state index in [4.69, 9.17) is 15.3 Å². The van der Waals surface area contributed by atoms with E-state index in [1.807, 2.05) is 0 Å². The van der Waals surface area contributed by atoms with Gasteiger partial charge in [0.15, 0.2) is 0 Å². The molecule has 0 aromatic heterocycles. The van der Waals surface area contributed by atoms with Crippen molar-refractivity contribution in [2.24, 2.45) is 0 Å². The Kier molecular flexibility index (Phi) is 18.3. The molecule has 0 aliphatic rings. The Morgan fingerprint density at radius 1 is 0.600 bits per heavy atom. The van der Waals surface area contributed by atoms with E-state index in [0.717, 1.165) is 0 Å². The molecule has 0 aliphatic carbocycles. The van der Waals surface area contributed by atoms with Crippen LogP contribution in [0.3, 0.4) is 0 Å². The number of rotatable bonds is 1. The van der Waals surface area contributed by atoms with Crippen LogP contribution < -0.4 is 4.40 Å². The van der Waals surface area contributed by atoms with E-state index in [0.29, 0.717) is 0 Å². The first kappa shape index (κ1) is 33.2. The van der Waals surface area contributed by atoms with E-state index in [-0.39, 0.29) is 25.8 Å². The Balaban J connectivity index is -0.000000122. The SMILES string of the molecule is CC(C)(C)O.CC(C)(C)O.CC(C)(C)O.[CH3][Ge]([CH3])([CH3])[c-]1cccc1.[Hf]. The van der Waals surface area contributed by atoms with Crippen molar-refractivity contribution in [3.05, 3.63) is 24.3 Å². The smallest absolute Gasteiger partial charge is 0 e. The van der Waals surface area contributed by atoms with Crippen molar-refractivity contribution in [1.29, 1.82) is 0 Å². The van der Waals surface area contributed by atoms with Crippen molar-refractivity contribution in [3.8, 4) is 0 Å². The zero-order valence-electron chi connectivity index (χ0n) is 18.7. The number of hydrogen-bond donors (Lipinski definition) is 3. The van der Waals surface area contributed by atoms with Gasteiger partial charge < -0.3 is 15.3 Å². The summed E-state index contributed by atoms with van der Waals surface area (Å²) in [6.45, 7) is 15.7. The van der Waals surface area contributed by atoms with Crippen molar-refractivity contribution in [2.45, 2.75) is 96.4 Å². The van der Waals surface area contributed by atoms with Crippen molar-refractivity contribution >= 4 is 17.7 Å². The van der Waals surface area contributed by atoms with Crippen molar-refractivity contribution < 1.29 is 41.2 Å². The van der Waals surface area contributed by atoms with E-state index in [1.54, 1.807) is 66.7 Å². The predicted octanol–water partition coefficient (Wildman–Crippen LogP) is 4.28. The zero-order chi connectivity index (χ0) is 20.4. The van der Waals surface area contributed by atoms with E-state index >= 15 is 0 Å². The molecule has 0 amide bonds. The second-order valence-corrected chi connectivity index (χ2v) is 20.6. The summed E-state index contributed by atoms with van der Waals surface area (Å²) in [7, 11) is 0. The fourth-order valence-corrected chi connectivity index (χ4v) is 3.38. The van der Waals surface area contributed by atoms with Crippen molar-refractivity contribution in [1.82, 2.24) is 0 Å². The summed E-state index contributed by atoms with van der Waals surface area (Å²) in [5.74, 6) is 7.24. The topological polar surface area (TPSA) is 60.7 Å². The number of hydrogen-bond acceptors (Lipinski definition) is 3. The average Bonchev–Trinajstić information content (AvgIpc) is 2.58. The number of aliphatic hydroxyl groups is 3. The third-order valence-corrected chi connectivity index (χ3v) is 5.86. The van der Waals surface area contributed by atoms with Gasteiger partial charge in [-0.3, -0.25) is 0 Å². The third-order valence-electron chi connectivity index (χ3n) is 1.53. The molecule has 5 heteroatoms. The van der Waals surface area contributed by atoms with Crippen LogP contribution in [0.15, 0.2) is 24.3 Å². The predicted molar refractivity (Wildman–Crippen MR) is 111 cm³/mol.